The molecule has 11 heteroatoms. The number of rotatable bonds is 10. The van der Waals surface area contributed by atoms with Gasteiger partial charge in [-0.15, -0.1) is 0 Å². The Labute approximate surface area is 241 Å². The van der Waals surface area contributed by atoms with Gasteiger partial charge in [0.2, 0.25) is 0 Å². The topological polar surface area (TPSA) is 136 Å². The largest absolute Gasteiger partial charge is 0.508 e. The highest BCUT2D eigenvalue weighted by Crippen LogP contribution is 2.30. The number of aliphatic hydroxyl groups is 1. The minimum absolute atomic E-state index is 0.0707. The van der Waals surface area contributed by atoms with Crippen LogP contribution in [0.4, 0.5) is 16.4 Å². The van der Waals surface area contributed by atoms with E-state index in [0.717, 1.165) is 24.0 Å². The fourth-order valence-electron chi connectivity index (χ4n) is 4.92. The number of anilines is 2. The Balaban J connectivity index is 1.49. The summed E-state index contributed by atoms with van der Waals surface area (Å²) in [5.41, 5.74) is 1.40. The van der Waals surface area contributed by atoms with Gasteiger partial charge in [-0.2, -0.15) is 0 Å². The number of ether oxygens (including phenoxy) is 2. The SMILES string of the molecule is COCCN(C)c1cc(C(=O)NC[C@@H](O)C2Cc3ccc(O)cc3CN2C(=O)OC(C)(C)C)cc(NC2CCC2)n1. The number of nitrogens with one attached hydrogen (secondary N) is 2. The number of aromatic nitrogens is 1. The van der Waals surface area contributed by atoms with E-state index in [1.165, 1.54) is 11.3 Å². The average molecular weight is 570 g/mol. The van der Waals surface area contributed by atoms with Crippen molar-refractivity contribution in [1.29, 1.82) is 0 Å². The Morgan fingerprint density at radius 2 is 1.95 bits per heavy atom. The first-order valence-electron chi connectivity index (χ1n) is 14.2. The van der Waals surface area contributed by atoms with Crippen molar-refractivity contribution in [1.82, 2.24) is 15.2 Å². The zero-order chi connectivity index (χ0) is 29.7. The summed E-state index contributed by atoms with van der Waals surface area (Å²) in [6.07, 6.45) is 2.03. The van der Waals surface area contributed by atoms with Crippen molar-refractivity contribution in [3.8, 4) is 5.75 Å². The number of aliphatic hydroxyl groups excluding tert-OH is 1. The lowest BCUT2D eigenvalue weighted by Gasteiger charge is -2.40. The fraction of sp³-hybridized carbons (Fsp3) is 0.567. The Bertz CT molecular complexity index is 1230. The number of hydrogen-bond donors (Lipinski definition) is 4. The van der Waals surface area contributed by atoms with Gasteiger partial charge in [-0.25, -0.2) is 9.78 Å². The number of phenols is 1. The first-order valence-corrected chi connectivity index (χ1v) is 14.2. The maximum absolute atomic E-state index is 13.3. The Morgan fingerprint density at radius 1 is 1.20 bits per heavy atom. The minimum Gasteiger partial charge on any atom is -0.508 e. The molecular formula is C30H43N5O6. The van der Waals surface area contributed by atoms with Gasteiger partial charge in [0, 0.05) is 45.4 Å². The van der Waals surface area contributed by atoms with Gasteiger partial charge in [-0.05, 0) is 81.8 Å². The van der Waals surface area contributed by atoms with E-state index in [1.807, 2.05) is 11.9 Å². The zero-order valence-electron chi connectivity index (χ0n) is 24.6. The van der Waals surface area contributed by atoms with Gasteiger partial charge in [0.15, 0.2) is 0 Å². The van der Waals surface area contributed by atoms with Crippen molar-refractivity contribution >= 4 is 23.6 Å². The molecular weight excluding hydrogens is 526 g/mol. The van der Waals surface area contributed by atoms with E-state index < -0.39 is 23.8 Å². The molecule has 41 heavy (non-hydrogen) atoms. The third kappa shape index (κ3) is 8.01. The van der Waals surface area contributed by atoms with E-state index in [2.05, 4.69) is 10.6 Å². The van der Waals surface area contributed by atoms with E-state index in [4.69, 9.17) is 14.5 Å². The summed E-state index contributed by atoms with van der Waals surface area (Å²) in [6, 6.07) is 8.17. The van der Waals surface area contributed by atoms with Crippen molar-refractivity contribution < 1.29 is 29.3 Å². The van der Waals surface area contributed by atoms with Crippen molar-refractivity contribution in [3.05, 3.63) is 47.0 Å². The zero-order valence-corrected chi connectivity index (χ0v) is 24.6. The number of fused-ring (bicyclic) bond motifs is 1. The highest BCUT2D eigenvalue weighted by Gasteiger charge is 2.37. The number of methoxy groups -OCH3 is 1. The van der Waals surface area contributed by atoms with Crippen LogP contribution in [0.15, 0.2) is 30.3 Å². The van der Waals surface area contributed by atoms with Gasteiger partial charge < -0.3 is 35.2 Å². The summed E-state index contributed by atoms with van der Waals surface area (Å²) in [4.78, 5) is 34.6. The lowest BCUT2D eigenvalue weighted by molar-refractivity contribution is -0.0113. The molecule has 0 bridgehead atoms. The van der Waals surface area contributed by atoms with Crippen LogP contribution in [-0.2, 0) is 22.4 Å². The van der Waals surface area contributed by atoms with Crippen LogP contribution in [0.25, 0.3) is 0 Å². The molecule has 1 saturated carbocycles. The maximum Gasteiger partial charge on any atom is 0.410 e. The molecule has 1 aliphatic heterocycles. The summed E-state index contributed by atoms with van der Waals surface area (Å²) >= 11 is 0. The molecule has 2 aliphatic rings. The van der Waals surface area contributed by atoms with E-state index >= 15 is 0 Å². The molecule has 1 aromatic heterocycles. The first kappa shape index (κ1) is 30.4. The van der Waals surface area contributed by atoms with Crippen molar-refractivity contribution in [3.63, 3.8) is 0 Å². The number of phenolic OH excluding ortho intramolecular Hbond substituents is 1. The second-order valence-electron chi connectivity index (χ2n) is 11.9. The number of amides is 2. The van der Waals surface area contributed by atoms with Crippen LogP contribution in [-0.4, -0.2) is 89.7 Å². The molecule has 1 unspecified atom stereocenters. The molecule has 1 aliphatic carbocycles. The molecule has 224 valence electrons. The van der Waals surface area contributed by atoms with E-state index in [-0.39, 0.29) is 24.7 Å². The molecule has 2 heterocycles. The highest BCUT2D eigenvalue weighted by molar-refractivity contribution is 5.95. The summed E-state index contributed by atoms with van der Waals surface area (Å²) < 4.78 is 10.8. The smallest absolute Gasteiger partial charge is 0.410 e. The van der Waals surface area contributed by atoms with Crippen LogP contribution in [0.2, 0.25) is 0 Å². The van der Waals surface area contributed by atoms with Gasteiger partial charge in [0.05, 0.1) is 18.8 Å². The van der Waals surface area contributed by atoms with E-state index in [1.54, 1.807) is 58.2 Å². The summed E-state index contributed by atoms with van der Waals surface area (Å²) in [7, 11) is 3.53. The second-order valence-corrected chi connectivity index (χ2v) is 11.9. The maximum atomic E-state index is 13.3. The molecule has 0 radical (unpaired) electrons. The molecule has 0 spiro atoms. The standard InChI is InChI=1S/C30H43N5O6/c1-30(2,3)41-29(39)35-18-21-13-23(36)10-9-19(21)14-24(35)25(37)17-31-28(38)20-15-26(32-22-7-6-8-22)33-27(16-20)34(4)11-12-40-5/h9-10,13,15-16,22,24-25,36-37H,6-8,11-12,14,17-18H2,1-5H3,(H,31,38)(H,32,33)/t24?,25-/m1/s1. The number of likely N-dealkylation sites (N-methyl/N-ethyl adjacent to an activating group) is 1. The van der Waals surface area contributed by atoms with Crippen LogP contribution in [0.5, 0.6) is 5.75 Å². The van der Waals surface area contributed by atoms with Crippen LogP contribution in [0.1, 0.15) is 61.5 Å². The van der Waals surface area contributed by atoms with Crippen molar-refractivity contribution in [2.45, 2.75) is 76.8 Å². The molecule has 1 aromatic carbocycles. The van der Waals surface area contributed by atoms with Crippen LogP contribution < -0.4 is 15.5 Å². The lowest BCUT2D eigenvalue weighted by Crippen LogP contribution is -2.54. The molecule has 4 N–H and O–H groups in total. The molecule has 2 atom stereocenters. The van der Waals surface area contributed by atoms with Crippen molar-refractivity contribution in [2.24, 2.45) is 0 Å². The van der Waals surface area contributed by atoms with Crippen molar-refractivity contribution in [2.75, 3.05) is 44.1 Å². The van der Waals surface area contributed by atoms with Gasteiger partial charge in [0.25, 0.3) is 5.91 Å². The fourth-order valence-corrected chi connectivity index (χ4v) is 4.92. The predicted molar refractivity (Wildman–Crippen MR) is 156 cm³/mol. The number of benzene rings is 1. The third-order valence-electron chi connectivity index (χ3n) is 7.46. The number of carbonyl (C=O) groups excluding carboxylic acids is 2. The molecule has 2 aromatic rings. The number of aromatic hydroxyl groups is 1. The number of hydrogen-bond acceptors (Lipinski definition) is 9. The van der Waals surface area contributed by atoms with Crippen LogP contribution in [0.3, 0.4) is 0 Å². The van der Waals surface area contributed by atoms with Gasteiger partial charge in [0.1, 0.15) is 23.0 Å². The molecule has 1 fully saturated rings. The molecule has 11 nitrogen and oxygen atoms in total. The number of carbonyl (C=O) groups is 2. The Hall–Kier alpha value is -3.57. The minimum atomic E-state index is -1.06. The molecule has 2 amide bonds. The number of nitrogens with zero attached hydrogens (tertiary/aromatic N) is 3. The normalized spacial score (nSPS) is 17.7. The summed E-state index contributed by atoms with van der Waals surface area (Å²) in [5, 5.41) is 27.5. The predicted octanol–water partition coefficient (Wildman–Crippen LogP) is 3.29. The lowest BCUT2D eigenvalue weighted by atomic mass is 9.91. The van der Waals surface area contributed by atoms with Crippen LogP contribution >= 0.6 is 0 Å². The highest BCUT2D eigenvalue weighted by atomic mass is 16.6. The summed E-state index contributed by atoms with van der Waals surface area (Å²) in [5.74, 6) is 1.02. The van der Waals surface area contributed by atoms with Gasteiger partial charge in [-0.1, -0.05) is 6.07 Å². The summed E-state index contributed by atoms with van der Waals surface area (Å²) in [6.45, 7) is 6.57. The van der Waals surface area contributed by atoms with E-state index in [0.29, 0.717) is 42.8 Å². The molecule has 0 saturated heterocycles. The average Bonchev–Trinajstić information content (AvgIpc) is 2.90. The Morgan fingerprint density at radius 3 is 2.61 bits per heavy atom. The van der Waals surface area contributed by atoms with E-state index in [9.17, 15) is 19.8 Å². The Kier molecular flexibility index (Phi) is 9.60. The number of pyridine rings is 1. The third-order valence-corrected chi connectivity index (χ3v) is 7.46. The first-order chi connectivity index (χ1) is 19.4. The van der Waals surface area contributed by atoms with Gasteiger partial charge >= 0.3 is 6.09 Å². The second kappa shape index (κ2) is 12.9. The van der Waals surface area contributed by atoms with Gasteiger partial charge in [-0.3, -0.25) is 9.69 Å². The van der Waals surface area contributed by atoms with Crippen LogP contribution in [0, 0.1) is 0 Å². The molecule has 4 rings (SSSR count). The monoisotopic (exact) mass is 569 g/mol. The quantitative estimate of drug-likeness (QED) is 0.340.